The van der Waals surface area contributed by atoms with E-state index >= 15 is 0 Å². The van der Waals surface area contributed by atoms with Crippen LogP contribution in [-0.2, 0) is 0 Å². The van der Waals surface area contributed by atoms with Gasteiger partial charge in [-0.1, -0.05) is 36.4 Å². The van der Waals surface area contributed by atoms with Gasteiger partial charge in [-0.05, 0) is 62.7 Å². The highest BCUT2D eigenvalue weighted by atomic mass is 19.1. The molecule has 0 saturated heterocycles. The Hall–Kier alpha value is -3.91. The Morgan fingerprint density at radius 3 is 2.60 bits per heavy atom. The van der Waals surface area contributed by atoms with Gasteiger partial charge in [0.05, 0.1) is 11.8 Å². The summed E-state index contributed by atoms with van der Waals surface area (Å²) in [5.41, 5.74) is 3.09. The number of ether oxygens (including phenoxy) is 2. The van der Waals surface area contributed by atoms with E-state index in [0.29, 0.717) is 23.6 Å². The number of nitrogens with one attached hydrogen (secondary N) is 1. The summed E-state index contributed by atoms with van der Waals surface area (Å²) in [6.07, 6.45) is -0.818. The maximum absolute atomic E-state index is 13.9. The number of anilines is 1. The number of hydrogen-bond donors (Lipinski definition) is 2. The van der Waals surface area contributed by atoms with Crippen molar-refractivity contribution < 1.29 is 19.0 Å². The van der Waals surface area contributed by atoms with Crippen molar-refractivity contribution in [3.05, 3.63) is 84.2 Å². The average Bonchev–Trinajstić information content (AvgIpc) is 3.25. The molecular weight excluding hydrogens is 447 g/mol. The van der Waals surface area contributed by atoms with Crippen LogP contribution < -0.4 is 14.8 Å². The first-order chi connectivity index (χ1) is 16.9. The van der Waals surface area contributed by atoms with Crippen LogP contribution >= 0.6 is 0 Å². The molecular formula is C27H29FN4O3. The Balaban J connectivity index is 1.50. The predicted octanol–water partition coefficient (Wildman–Crippen LogP) is 5.02. The van der Waals surface area contributed by atoms with Crippen molar-refractivity contribution in [2.24, 2.45) is 0 Å². The molecule has 8 heteroatoms. The van der Waals surface area contributed by atoms with Crippen LogP contribution in [0.25, 0.3) is 17.1 Å². The lowest BCUT2D eigenvalue weighted by Gasteiger charge is -2.15. The number of rotatable bonds is 10. The van der Waals surface area contributed by atoms with Crippen molar-refractivity contribution in [1.29, 1.82) is 0 Å². The van der Waals surface area contributed by atoms with Crippen molar-refractivity contribution in [3.8, 4) is 28.8 Å². The number of hydrogen-bond acceptors (Lipinski definition) is 6. The van der Waals surface area contributed by atoms with Gasteiger partial charge >= 0.3 is 6.01 Å². The molecule has 0 aliphatic heterocycles. The van der Waals surface area contributed by atoms with E-state index in [2.05, 4.69) is 15.4 Å². The second-order valence-corrected chi connectivity index (χ2v) is 8.47. The lowest BCUT2D eigenvalue weighted by Crippen LogP contribution is -2.26. The fourth-order valence-electron chi connectivity index (χ4n) is 3.49. The summed E-state index contributed by atoms with van der Waals surface area (Å²) < 4.78 is 26.9. The Kier molecular flexibility index (Phi) is 7.62. The van der Waals surface area contributed by atoms with Crippen LogP contribution in [0.4, 0.5) is 10.1 Å². The summed E-state index contributed by atoms with van der Waals surface area (Å²) in [6.45, 7) is 6.21. The number of nitrogens with zero attached hydrogens (tertiary/aromatic N) is 3. The Bertz CT molecular complexity index is 1270. The summed E-state index contributed by atoms with van der Waals surface area (Å²) in [4.78, 5) is 4.49. The van der Waals surface area contributed by atoms with Gasteiger partial charge in [0.25, 0.3) is 0 Å². The van der Waals surface area contributed by atoms with E-state index in [1.165, 1.54) is 12.1 Å². The molecule has 0 aliphatic rings. The van der Waals surface area contributed by atoms with E-state index in [1.54, 1.807) is 16.8 Å². The SMILES string of the molecule is Cc1ccccc1OCC(O)CNc1cccc(-n2nc(OC(C)C)nc2-c2cccc(F)c2)c1. The summed E-state index contributed by atoms with van der Waals surface area (Å²) in [7, 11) is 0. The number of aliphatic hydroxyl groups excluding tert-OH is 1. The molecule has 0 amide bonds. The van der Waals surface area contributed by atoms with Gasteiger partial charge in [0.1, 0.15) is 24.3 Å². The van der Waals surface area contributed by atoms with E-state index in [-0.39, 0.29) is 24.5 Å². The first-order valence-corrected chi connectivity index (χ1v) is 11.5. The molecule has 1 aromatic heterocycles. The maximum Gasteiger partial charge on any atom is 0.336 e. The van der Waals surface area contributed by atoms with Crippen molar-refractivity contribution in [1.82, 2.24) is 14.8 Å². The van der Waals surface area contributed by atoms with Crippen molar-refractivity contribution >= 4 is 5.69 Å². The summed E-state index contributed by atoms with van der Waals surface area (Å²) in [5.74, 6) is 0.855. The maximum atomic E-state index is 13.9. The molecule has 0 fully saturated rings. The Morgan fingerprint density at radius 2 is 1.83 bits per heavy atom. The van der Waals surface area contributed by atoms with Crippen molar-refractivity contribution in [2.75, 3.05) is 18.5 Å². The van der Waals surface area contributed by atoms with Crippen LogP contribution in [0.3, 0.4) is 0 Å². The summed E-state index contributed by atoms with van der Waals surface area (Å²) >= 11 is 0. The molecule has 0 radical (unpaired) electrons. The molecule has 0 saturated carbocycles. The average molecular weight is 477 g/mol. The lowest BCUT2D eigenvalue weighted by atomic mass is 10.2. The monoisotopic (exact) mass is 476 g/mol. The normalized spacial score (nSPS) is 11.9. The van der Waals surface area contributed by atoms with Gasteiger partial charge < -0.3 is 19.9 Å². The number of aliphatic hydroxyl groups is 1. The Labute approximate surface area is 204 Å². The molecule has 4 rings (SSSR count). The highest BCUT2D eigenvalue weighted by Gasteiger charge is 2.17. The number of halogens is 1. The summed E-state index contributed by atoms with van der Waals surface area (Å²) in [5, 5.41) is 18.1. The fraction of sp³-hybridized carbons (Fsp3) is 0.259. The standard InChI is InChI=1S/C27H29FN4O3/c1-18(2)35-27-30-26(20-9-6-10-21(28)14-20)32(31-27)23-12-7-11-22(15-23)29-16-24(33)17-34-25-13-5-4-8-19(25)3/h4-15,18,24,29,33H,16-17H2,1-3H3. The topological polar surface area (TPSA) is 81.4 Å². The number of benzene rings is 3. The van der Waals surface area contributed by atoms with E-state index in [0.717, 1.165) is 17.0 Å². The highest BCUT2D eigenvalue weighted by Crippen LogP contribution is 2.26. The van der Waals surface area contributed by atoms with Gasteiger partial charge in [-0.3, -0.25) is 0 Å². The fourth-order valence-corrected chi connectivity index (χ4v) is 3.49. The second-order valence-electron chi connectivity index (χ2n) is 8.47. The molecule has 0 aliphatic carbocycles. The zero-order valence-corrected chi connectivity index (χ0v) is 20.0. The Morgan fingerprint density at radius 1 is 1.03 bits per heavy atom. The van der Waals surface area contributed by atoms with Crippen LogP contribution in [0.5, 0.6) is 11.8 Å². The zero-order valence-electron chi connectivity index (χ0n) is 20.0. The molecule has 0 bridgehead atoms. The van der Waals surface area contributed by atoms with Gasteiger partial charge in [-0.15, -0.1) is 5.10 Å². The molecule has 7 nitrogen and oxygen atoms in total. The van der Waals surface area contributed by atoms with Crippen LogP contribution in [0.2, 0.25) is 0 Å². The summed E-state index contributed by atoms with van der Waals surface area (Å²) in [6, 6.07) is 21.6. The van der Waals surface area contributed by atoms with Crippen LogP contribution in [-0.4, -0.2) is 45.2 Å². The molecule has 1 atom stereocenters. The predicted molar refractivity (Wildman–Crippen MR) is 134 cm³/mol. The van der Waals surface area contributed by atoms with E-state index < -0.39 is 6.10 Å². The number of aromatic nitrogens is 3. The number of para-hydroxylation sites is 1. The zero-order chi connectivity index (χ0) is 24.8. The highest BCUT2D eigenvalue weighted by molar-refractivity contribution is 5.60. The van der Waals surface area contributed by atoms with E-state index in [4.69, 9.17) is 9.47 Å². The van der Waals surface area contributed by atoms with E-state index in [9.17, 15) is 9.50 Å². The first kappa shape index (κ1) is 24.2. The quantitative estimate of drug-likeness (QED) is 0.335. The van der Waals surface area contributed by atoms with Gasteiger partial charge in [0.15, 0.2) is 5.82 Å². The van der Waals surface area contributed by atoms with Gasteiger partial charge in [0, 0.05) is 17.8 Å². The molecule has 1 heterocycles. The second kappa shape index (κ2) is 11.0. The van der Waals surface area contributed by atoms with Crippen LogP contribution in [0.15, 0.2) is 72.8 Å². The minimum Gasteiger partial charge on any atom is -0.491 e. The molecule has 35 heavy (non-hydrogen) atoms. The lowest BCUT2D eigenvalue weighted by molar-refractivity contribution is 0.117. The van der Waals surface area contributed by atoms with E-state index in [1.807, 2.05) is 69.3 Å². The van der Waals surface area contributed by atoms with Gasteiger partial charge in [-0.2, -0.15) is 4.98 Å². The third kappa shape index (κ3) is 6.36. The largest absolute Gasteiger partial charge is 0.491 e. The number of aryl methyl sites for hydroxylation is 1. The minimum absolute atomic E-state index is 0.109. The van der Waals surface area contributed by atoms with Crippen LogP contribution in [0, 0.1) is 12.7 Å². The molecule has 2 N–H and O–H groups in total. The molecule has 3 aromatic carbocycles. The molecule has 0 spiro atoms. The molecule has 182 valence electrons. The van der Waals surface area contributed by atoms with Crippen LogP contribution in [0.1, 0.15) is 19.4 Å². The van der Waals surface area contributed by atoms with Gasteiger partial charge in [-0.25, -0.2) is 9.07 Å². The molecule has 4 aromatic rings. The smallest absolute Gasteiger partial charge is 0.336 e. The minimum atomic E-state index is -0.710. The third-order valence-electron chi connectivity index (χ3n) is 5.17. The third-order valence-corrected chi connectivity index (χ3v) is 5.17. The van der Waals surface area contributed by atoms with Gasteiger partial charge in [0.2, 0.25) is 0 Å². The van der Waals surface area contributed by atoms with Crippen molar-refractivity contribution in [3.63, 3.8) is 0 Å². The van der Waals surface area contributed by atoms with Crippen molar-refractivity contribution in [2.45, 2.75) is 33.0 Å². The first-order valence-electron chi connectivity index (χ1n) is 11.5. The molecule has 1 unspecified atom stereocenters.